The van der Waals surface area contributed by atoms with Crippen LogP contribution in [0.3, 0.4) is 0 Å². The van der Waals surface area contributed by atoms with Gasteiger partial charge >= 0.3 is 6.03 Å². The Balaban J connectivity index is 2.48. The van der Waals surface area contributed by atoms with E-state index in [1.165, 1.54) is 0 Å². The van der Waals surface area contributed by atoms with Crippen molar-refractivity contribution in [1.29, 1.82) is 0 Å². The van der Waals surface area contributed by atoms with E-state index in [9.17, 15) is 4.79 Å². The number of hydrogen-bond donors (Lipinski definition) is 2. The first-order chi connectivity index (χ1) is 8.18. The maximum Gasteiger partial charge on any atom is 0.332 e. The number of nitrogens with two attached hydrogens (primary N) is 1. The van der Waals surface area contributed by atoms with Crippen LogP contribution in [-0.4, -0.2) is 11.7 Å². The minimum absolute atomic E-state index is 0.662. The second kappa shape index (κ2) is 4.65. The highest BCUT2D eigenvalue weighted by Crippen LogP contribution is 2.18. The van der Waals surface area contributed by atoms with Gasteiger partial charge < -0.3 is 5.73 Å². The molecule has 17 heavy (non-hydrogen) atoms. The number of fused-ring (bicyclic) bond motifs is 1. The molecule has 4 heteroatoms. The predicted molar refractivity (Wildman–Crippen MR) is 68.9 cm³/mol. The second-order valence-corrected chi connectivity index (χ2v) is 3.70. The molecule has 0 saturated carbocycles. The number of urea groups is 1. The lowest BCUT2D eigenvalue weighted by Gasteiger charge is -2.05. The number of hydrazone groups is 1. The fourth-order valence-corrected chi connectivity index (χ4v) is 1.74. The van der Waals surface area contributed by atoms with E-state index in [-0.39, 0.29) is 0 Å². The van der Waals surface area contributed by atoms with Gasteiger partial charge in [0, 0.05) is 5.56 Å². The molecule has 2 aromatic carbocycles. The standard InChI is InChI=1S/C13H13N3O/c1-9(15-16-13(14)17)11-8-4-6-10-5-2-3-7-12(10)11/h2-8H,1H3,(H3,14,16,17)/b15-9-. The molecule has 0 heterocycles. The first-order valence-electron chi connectivity index (χ1n) is 5.26. The normalized spacial score (nSPS) is 11.5. The van der Waals surface area contributed by atoms with E-state index in [1.54, 1.807) is 0 Å². The molecule has 0 aliphatic carbocycles. The topological polar surface area (TPSA) is 67.5 Å². The van der Waals surface area contributed by atoms with E-state index in [0.29, 0.717) is 0 Å². The van der Waals surface area contributed by atoms with Crippen LogP contribution in [0, 0.1) is 0 Å². The van der Waals surface area contributed by atoms with Crippen molar-refractivity contribution in [1.82, 2.24) is 5.43 Å². The van der Waals surface area contributed by atoms with Gasteiger partial charge in [-0.2, -0.15) is 5.10 Å². The Bertz CT molecular complexity index is 585. The van der Waals surface area contributed by atoms with Crippen LogP contribution >= 0.6 is 0 Å². The average molecular weight is 227 g/mol. The Labute approximate surface area is 99.1 Å². The first-order valence-corrected chi connectivity index (χ1v) is 5.26. The van der Waals surface area contributed by atoms with Gasteiger partial charge in [-0.25, -0.2) is 10.2 Å². The van der Waals surface area contributed by atoms with Crippen LogP contribution in [0.15, 0.2) is 47.6 Å². The molecule has 2 aromatic rings. The highest BCUT2D eigenvalue weighted by Gasteiger charge is 2.03. The SMILES string of the molecule is C/C(=N/NC(N)=O)c1cccc2ccccc12. The summed E-state index contributed by atoms with van der Waals surface area (Å²) < 4.78 is 0. The molecule has 86 valence electrons. The summed E-state index contributed by atoms with van der Waals surface area (Å²) in [5, 5.41) is 6.17. The van der Waals surface area contributed by atoms with Crippen molar-refractivity contribution in [3.63, 3.8) is 0 Å². The van der Waals surface area contributed by atoms with Crippen molar-refractivity contribution in [2.75, 3.05) is 0 Å². The van der Waals surface area contributed by atoms with Gasteiger partial charge in [0.05, 0.1) is 5.71 Å². The van der Waals surface area contributed by atoms with Crippen LogP contribution in [0.2, 0.25) is 0 Å². The van der Waals surface area contributed by atoms with Crippen LogP contribution in [0.4, 0.5) is 4.79 Å². The van der Waals surface area contributed by atoms with E-state index in [2.05, 4.69) is 10.5 Å². The highest BCUT2D eigenvalue weighted by molar-refractivity contribution is 6.09. The summed E-state index contributed by atoms with van der Waals surface area (Å²) in [5.41, 5.74) is 8.92. The summed E-state index contributed by atoms with van der Waals surface area (Å²) in [7, 11) is 0. The third-order valence-electron chi connectivity index (χ3n) is 2.51. The van der Waals surface area contributed by atoms with E-state index in [4.69, 9.17) is 5.73 Å². The highest BCUT2D eigenvalue weighted by atomic mass is 16.2. The molecule has 0 bridgehead atoms. The molecule has 0 spiro atoms. The lowest BCUT2D eigenvalue weighted by Crippen LogP contribution is -2.25. The van der Waals surface area contributed by atoms with Gasteiger partial charge in [-0.05, 0) is 17.7 Å². The smallest absolute Gasteiger partial charge is 0.332 e. The van der Waals surface area contributed by atoms with E-state index in [0.717, 1.165) is 22.0 Å². The molecule has 0 aliphatic heterocycles. The summed E-state index contributed by atoms with van der Waals surface area (Å²) in [5.74, 6) is 0. The molecule has 0 fully saturated rings. The van der Waals surface area contributed by atoms with Crippen molar-refractivity contribution < 1.29 is 4.79 Å². The van der Waals surface area contributed by atoms with Crippen LogP contribution in [0.1, 0.15) is 12.5 Å². The summed E-state index contributed by atoms with van der Waals surface area (Å²) in [6.45, 7) is 1.83. The molecule has 0 saturated heterocycles. The van der Waals surface area contributed by atoms with Gasteiger partial charge in [0.15, 0.2) is 0 Å². The molecule has 0 aliphatic rings. The van der Waals surface area contributed by atoms with Gasteiger partial charge in [-0.15, -0.1) is 0 Å². The van der Waals surface area contributed by atoms with Crippen molar-refractivity contribution in [2.24, 2.45) is 10.8 Å². The fraction of sp³-hybridized carbons (Fsp3) is 0.0769. The van der Waals surface area contributed by atoms with Crippen LogP contribution < -0.4 is 11.2 Å². The molecular weight excluding hydrogens is 214 g/mol. The number of primary amides is 1. The van der Waals surface area contributed by atoms with Gasteiger partial charge in [0.1, 0.15) is 0 Å². The summed E-state index contributed by atoms with van der Waals surface area (Å²) >= 11 is 0. The van der Waals surface area contributed by atoms with Crippen LogP contribution in [0.25, 0.3) is 10.8 Å². The molecule has 4 nitrogen and oxygen atoms in total. The third kappa shape index (κ3) is 2.42. The van der Waals surface area contributed by atoms with Gasteiger partial charge in [-0.1, -0.05) is 42.5 Å². The average Bonchev–Trinajstić information content (AvgIpc) is 2.35. The molecule has 0 aromatic heterocycles. The van der Waals surface area contributed by atoms with Gasteiger partial charge in [0.2, 0.25) is 0 Å². The maximum absolute atomic E-state index is 10.6. The number of nitrogens with one attached hydrogen (secondary N) is 1. The number of carbonyl (C=O) groups excluding carboxylic acids is 1. The quantitative estimate of drug-likeness (QED) is 0.599. The van der Waals surface area contributed by atoms with E-state index >= 15 is 0 Å². The number of benzene rings is 2. The summed E-state index contributed by atoms with van der Waals surface area (Å²) in [4.78, 5) is 10.6. The molecule has 2 rings (SSSR count). The zero-order valence-electron chi connectivity index (χ0n) is 9.47. The minimum Gasteiger partial charge on any atom is -0.350 e. The Morgan fingerprint density at radius 1 is 1.18 bits per heavy atom. The van der Waals surface area contributed by atoms with E-state index < -0.39 is 6.03 Å². The zero-order valence-corrected chi connectivity index (χ0v) is 9.47. The summed E-state index contributed by atoms with van der Waals surface area (Å²) in [6, 6.07) is 13.3. The zero-order chi connectivity index (χ0) is 12.3. The van der Waals surface area contributed by atoms with E-state index in [1.807, 2.05) is 49.4 Å². The molecular formula is C13H13N3O. The molecule has 0 radical (unpaired) electrons. The lowest BCUT2D eigenvalue weighted by molar-refractivity contribution is 0.249. The number of rotatable bonds is 2. The molecule has 2 amide bonds. The number of hydrogen-bond acceptors (Lipinski definition) is 2. The van der Waals surface area contributed by atoms with Crippen LogP contribution in [-0.2, 0) is 0 Å². The Kier molecular flexibility index (Phi) is 3.05. The van der Waals surface area contributed by atoms with Gasteiger partial charge in [-0.3, -0.25) is 0 Å². The van der Waals surface area contributed by atoms with Crippen molar-refractivity contribution >= 4 is 22.5 Å². The first kappa shape index (κ1) is 11.1. The predicted octanol–water partition coefficient (Wildman–Crippen LogP) is 2.23. The van der Waals surface area contributed by atoms with Crippen LogP contribution in [0.5, 0.6) is 0 Å². The second-order valence-electron chi connectivity index (χ2n) is 3.70. The minimum atomic E-state index is -0.662. The largest absolute Gasteiger partial charge is 0.350 e. The Morgan fingerprint density at radius 2 is 1.88 bits per heavy atom. The number of amides is 2. The number of nitrogens with zero attached hydrogens (tertiary/aromatic N) is 1. The Morgan fingerprint density at radius 3 is 2.65 bits per heavy atom. The Hall–Kier alpha value is -2.36. The molecule has 0 atom stereocenters. The fourth-order valence-electron chi connectivity index (χ4n) is 1.74. The van der Waals surface area contributed by atoms with Crippen molar-refractivity contribution in [3.8, 4) is 0 Å². The van der Waals surface area contributed by atoms with Crippen molar-refractivity contribution in [3.05, 3.63) is 48.0 Å². The lowest BCUT2D eigenvalue weighted by atomic mass is 10.0. The molecule has 3 N–H and O–H groups in total. The maximum atomic E-state index is 10.6. The number of carbonyl (C=O) groups is 1. The monoisotopic (exact) mass is 227 g/mol. The molecule has 0 unspecified atom stereocenters. The third-order valence-corrected chi connectivity index (χ3v) is 2.51. The van der Waals surface area contributed by atoms with Gasteiger partial charge in [0.25, 0.3) is 0 Å². The summed E-state index contributed by atoms with van der Waals surface area (Å²) in [6.07, 6.45) is 0. The van der Waals surface area contributed by atoms with Crippen molar-refractivity contribution in [2.45, 2.75) is 6.92 Å².